The van der Waals surface area contributed by atoms with Crippen LogP contribution in [0.2, 0.25) is 0 Å². The van der Waals surface area contributed by atoms with Crippen molar-refractivity contribution in [3.8, 4) is 0 Å². The lowest BCUT2D eigenvalue weighted by Crippen LogP contribution is -2.46. The molecule has 1 aliphatic heterocycles. The van der Waals surface area contributed by atoms with E-state index < -0.39 is 9.84 Å². The van der Waals surface area contributed by atoms with Gasteiger partial charge in [0.15, 0.2) is 9.84 Å². The number of hydrogen-bond acceptors (Lipinski definition) is 5. The van der Waals surface area contributed by atoms with Crippen LogP contribution in [-0.4, -0.2) is 61.3 Å². The molecule has 0 aromatic carbocycles. The predicted octanol–water partition coefficient (Wildman–Crippen LogP) is 1.61. The van der Waals surface area contributed by atoms with Gasteiger partial charge >= 0.3 is 0 Å². The van der Waals surface area contributed by atoms with Gasteiger partial charge in [-0.3, -0.25) is 9.69 Å². The van der Waals surface area contributed by atoms with Crippen LogP contribution in [0.4, 0.5) is 0 Å². The molecule has 0 radical (unpaired) electrons. The summed E-state index contributed by atoms with van der Waals surface area (Å²) in [6.07, 6.45) is 0.568. The van der Waals surface area contributed by atoms with E-state index in [2.05, 4.69) is 11.0 Å². The molecule has 1 unspecified atom stereocenters. The minimum Gasteiger partial charge on any atom is -0.338 e. The minimum absolute atomic E-state index is 0.0306. The molecule has 5 nitrogen and oxygen atoms in total. The Labute approximate surface area is 136 Å². The Balaban J connectivity index is 1.96. The molecule has 1 saturated heterocycles. The van der Waals surface area contributed by atoms with Gasteiger partial charge in [0.05, 0.1) is 18.1 Å². The number of thiophene rings is 1. The topological polar surface area (TPSA) is 57.7 Å². The van der Waals surface area contributed by atoms with E-state index in [0.717, 1.165) is 13.1 Å². The van der Waals surface area contributed by atoms with Crippen LogP contribution in [0, 0.1) is 0 Å². The second-order valence-electron chi connectivity index (χ2n) is 5.62. The van der Waals surface area contributed by atoms with Gasteiger partial charge in [0, 0.05) is 24.0 Å². The molecule has 22 heavy (non-hydrogen) atoms. The second kappa shape index (κ2) is 7.57. The highest BCUT2D eigenvalue weighted by atomic mass is 32.2. The van der Waals surface area contributed by atoms with E-state index in [1.165, 1.54) is 4.88 Å². The van der Waals surface area contributed by atoms with Gasteiger partial charge in [-0.05, 0) is 31.3 Å². The molecule has 1 fully saturated rings. The smallest absolute Gasteiger partial charge is 0.237 e. The van der Waals surface area contributed by atoms with Crippen LogP contribution in [0.1, 0.15) is 25.1 Å². The van der Waals surface area contributed by atoms with Gasteiger partial charge in [-0.25, -0.2) is 8.42 Å². The van der Waals surface area contributed by atoms with E-state index in [1.807, 2.05) is 25.3 Å². The van der Waals surface area contributed by atoms with Gasteiger partial charge in [0.25, 0.3) is 0 Å². The zero-order chi connectivity index (χ0) is 16.2. The van der Waals surface area contributed by atoms with Crippen molar-refractivity contribution >= 4 is 27.1 Å². The van der Waals surface area contributed by atoms with E-state index >= 15 is 0 Å². The Kier molecular flexibility index (Phi) is 6.00. The lowest BCUT2D eigenvalue weighted by Gasteiger charge is -2.29. The molecule has 0 bridgehead atoms. The molecule has 1 aromatic rings. The average molecular weight is 345 g/mol. The maximum Gasteiger partial charge on any atom is 0.237 e. The largest absolute Gasteiger partial charge is 0.338 e. The Hall–Kier alpha value is -0.920. The summed E-state index contributed by atoms with van der Waals surface area (Å²) in [6, 6.07) is 3.93. The first kappa shape index (κ1) is 17.4. The SMILES string of the molecule is CCN(CC(=O)N(CC)C1CCS(=O)(=O)C1)Cc1cccs1. The molecule has 1 atom stereocenters. The third-order valence-electron chi connectivity index (χ3n) is 4.08. The summed E-state index contributed by atoms with van der Waals surface area (Å²) in [5.74, 6) is 0.348. The van der Waals surface area contributed by atoms with Gasteiger partial charge in [-0.15, -0.1) is 11.3 Å². The van der Waals surface area contributed by atoms with Crippen LogP contribution in [-0.2, 0) is 21.2 Å². The Morgan fingerprint density at radius 1 is 1.36 bits per heavy atom. The van der Waals surface area contributed by atoms with Crippen molar-refractivity contribution < 1.29 is 13.2 Å². The van der Waals surface area contributed by atoms with Crippen LogP contribution < -0.4 is 0 Å². The summed E-state index contributed by atoms with van der Waals surface area (Å²) in [5.41, 5.74) is 0. The molecular weight excluding hydrogens is 320 g/mol. The van der Waals surface area contributed by atoms with Gasteiger partial charge in [-0.1, -0.05) is 13.0 Å². The fourth-order valence-electron chi connectivity index (χ4n) is 2.84. The van der Waals surface area contributed by atoms with Crippen molar-refractivity contribution in [3.05, 3.63) is 22.4 Å². The molecule has 124 valence electrons. The number of rotatable bonds is 7. The number of amides is 1. The first-order valence-electron chi connectivity index (χ1n) is 7.69. The lowest BCUT2D eigenvalue weighted by molar-refractivity contribution is -0.134. The summed E-state index contributed by atoms with van der Waals surface area (Å²) < 4.78 is 23.3. The van der Waals surface area contributed by atoms with Crippen LogP contribution in [0.5, 0.6) is 0 Å². The van der Waals surface area contributed by atoms with Gasteiger partial charge < -0.3 is 4.90 Å². The maximum atomic E-state index is 12.6. The zero-order valence-electron chi connectivity index (χ0n) is 13.2. The Morgan fingerprint density at radius 2 is 2.14 bits per heavy atom. The van der Waals surface area contributed by atoms with E-state index in [4.69, 9.17) is 0 Å². The van der Waals surface area contributed by atoms with Gasteiger partial charge in [-0.2, -0.15) is 0 Å². The molecule has 2 heterocycles. The molecule has 0 N–H and O–H groups in total. The number of carbonyl (C=O) groups is 1. The molecule has 0 aliphatic carbocycles. The standard InChI is InChI=1S/C15H24N2O3S2/c1-3-16(10-14-6-5-8-21-14)11-15(18)17(4-2)13-7-9-22(19,20)12-13/h5-6,8,13H,3-4,7,9-12H2,1-2H3. The van der Waals surface area contributed by atoms with Crippen molar-refractivity contribution in [2.75, 3.05) is 31.1 Å². The first-order chi connectivity index (χ1) is 10.4. The minimum atomic E-state index is -2.96. The number of carbonyl (C=O) groups excluding carboxylic acids is 1. The number of likely N-dealkylation sites (N-methyl/N-ethyl adjacent to an activating group) is 2. The summed E-state index contributed by atoms with van der Waals surface area (Å²) in [7, 11) is -2.96. The van der Waals surface area contributed by atoms with E-state index in [9.17, 15) is 13.2 Å². The highest BCUT2D eigenvalue weighted by Crippen LogP contribution is 2.18. The first-order valence-corrected chi connectivity index (χ1v) is 10.4. The molecule has 7 heteroatoms. The predicted molar refractivity (Wildman–Crippen MR) is 89.7 cm³/mol. The molecule has 2 rings (SSSR count). The van der Waals surface area contributed by atoms with E-state index in [0.29, 0.717) is 19.5 Å². The number of sulfone groups is 1. The van der Waals surface area contributed by atoms with Crippen LogP contribution in [0.15, 0.2) is 17.5 Å². The number of hydrogen-bond donors (Lipinski definition) is 0. The second-order valence-corrected chi connectivity index (χ2v) is 8.88. The normalized spacial score (nSPS) is 20.4. The van der Waals surface area contributed by atoms with Crippen molar-refractivity contribution in [1.82, 2.24) is 9.80 Å². The average Bonchev–Trinajstić information content (AvgIpc) is 3.08. The molecule has 1 aromatic heterocycles. The Morgan fingerprint density at radius 3 is 2.64 bits per heavy atom. The quantitative estimate of drug-likeness (QED) is 0.754. The number of nitrogens with zero attached hydrogens (tertiary/aromatic N) is 2. The third kappa shape index (κ3) is 4.54. The molecular formula is C15H24N2O3S2. The maximum absolute atomic E-state index is 12.6. The molecule has 0 saturated carbocycles. The molecule has 1 aliphatic rings. The van der Waals surface area contributed by atoms with Gasteiger partial charge in [0.2, 0.25) is 5.91 Å². The van der Waals surface area contributed by atoms with Crippen molar-refractivity contribution in [2.24, 2.45) is 0 Å². The highest BCUT2D eigenvalue weighted by Gasteiger charge is 2.34. The Bertz CT molecular complexity index is 584. The monoisotopic (exact) mass is 344 g/mol. The summed E-state index contributed by atoms with van der Waals surface area (Å²) in [4.78, 5) is 17.6. The third-order valence-corrected chi connectivity index (χ3v) is 6.69. The van der Waals surface area contributed by atoms with Crippen LogP contribution in [0.3, 0.4) is 0 Å². The van der Waals surface area contributed by atoms with Crippen molar-refractivity contribution in [2.45, 2.75) is 32.9 Å². The summed E-state index contributed by atoms with van der Waals surface area (Å²) >= 11 is 1.69. The van der Waals surface area contributed by atoms with E-state index in [1.54, 1.807) is 16.2 Å². The summed E-state index contributed by atoms with van der Waals surface area (Å²) in [6.45, 7) is 6.43. The fourth-order valence-corrected chi connectivity index (χ4v) is 5.32. The molecule has 1 amide bonds. The van der Waals surface area contributed by atoms with Crippen molar-refractivity contribution in [1.29, 1.82) is 0 Å². The van der Waals surface area contributed by atoms with Crippen molar-refractivity contribution in [3.63, 3.8) is 0 Å². The molecule has 0 spiro atoms. The van der Waals surface area contributed by atoms with E-state index in [-0.39, 0.29) is 23.5 Å². The fraction of sp³-hybridized carbons (Fsp3) is 0.667. The lowest BCUT2D eigenvalue weighted by atomic mass is 10.2. The zero-order valence-corrected chi connectivity index (χ0v) is 14.8. The highest BCUT2D eigenvalue weighted by molar-refractivity contribution is 7.91. The summed E-state index contributed by atoms with van der Waals surface area (Å²) in [5, 5.41) is 2.03. The van der Waals surface area contributed by atoms with Crippen LogP contribution >= 0.6 is 11.3 Å². The van der Waals surface area contributed by atoms with Gasteiger partial charge in [0.1, 0.15) is 0 Å². The van der Waals surface area contributed by atoms with Crippen LogP contribution in [0.25, 0.3) is 0 Å².